The van der Waals surface area contributed by atoms with Crippen LogP contribution < -0.4 is 5.48 Å². The van der Waals surface area contributed by atoms with Gasteiger partial charge in [-0.25, -0.2) is 0 Å². The highest BCUT2D eigenvalue weighted by atomic mass is 16.6. The minimum Gasteiger partial charge on any atom is -0.466 e. The molecule has 12 nitrogen and oxygen atoms in total. The summed E-state index contributed by atoms with van der Waals surface area (Å²) >= 11 is 0. The maximum atomic E-state index is 11.6. The topological polar surface area (TPSA) is 159 Å². The van der Waals surface area contributed by atoms with Crippen molar-refractivity contribution in [3.05, 3.63) is 0 Å². The van der Waals surface area contributed by atoms with Gasteiger partial charge in [0, 0.05) is 20.8 Å². The van der Waals surface area contributed by atoms with Gasteiger partial charge >= 0.3 is 23.9 Å². The van der Waals surface area contributed by atoms with E-state index >= 15 is 0 Å². The van der Waals surface area contributed by atoms with E-state index < -0.39 is 48.3 Å². The largest absolute Gasteiger partial charge is 0.466 e. The third kappa shape index (κ3) is 8.03. The third-order valence-corrected chi connectivity index (χ3v) is 3.64. The molecule has 1 aliphatic rings. The molecular formula is C17H26N2O10. The number of carbonyl (C=O) groups is 4. The monoisotopic (exact) mass is 418 g/mol. The number of nitrogens with zero attached hydrogens (tertiary/aromatic N) is 1. The minimum absolute atomic E-state index is 0.0556. The van der Waals surface area contributed by atoms with Crippen molar-refractivity contribution in [2.45, 2.75) is 58.5 Å². The summed E-state index contributed by atoms with van der Waals surface area (Å²) in [5, 5.41) is 9.47. The quantitative estimate of drug-likeness (QED) is 0.172. The molecule has 0 saturated carbocycles. The molecule has 0 aromatic rings. The van der Waals surface area contributed by atoms with E-state index in [2.05, 4.69) is 4.99 Å². The molecule has 1 rings (SSSR count). The van der Waals surface area contributed by atoms with E-state index in [0.29, 0.717) is 0 Å². The summed E-state index contributed by atoms with van der Waals surface area (Å²) in [5.41, 5.74) is 1.84. The molecule has 1 heterocycles. The fourth-order valence-corrected chi connectivity index (χ4v) is 2.67. The molecule has 29 heavy (non-hydrogen) atoms. The van der Waals surface area contributed by atoms with E-state index in [9.17, 15) is 24.4 Å². The predicted octanol–water partition coefficient (Wildman–Crippen LogP) is -0.489. The fourth-order valence-electron chi connectivity index (χ4n) is 2.67. The molecule has 0 spiro atoms. The van der Waals surface area contributed by atoms with Crippen LogP contribution >= 0.6 is 0 Å². The summed E-state index contributed by atoms with van der Waals surface area (Å²) in [6.45, 7) is 5.03. The summed E-state index contributed by atoms with van der Waals surface area (Å²) in [6.07, 6.45) is -4.77. The smallest absolute Gasteiger partial charge is 0.307 e. The van der Waals surface area contributed by atoms with Gasteiger partial charge in [-0.15, -0.1) is 0 Å². The summed E-state index contributed by atoms with van der Waals surface area (Å²) < 4.78 is 25.9. The summed E-state index contributed by atoms with van der Waals surface area (Å²) in [6, 6.07) is 0. The molecule has 0 aliphatic carbocycles. The first-order valence-electron chi connectivity index (χ1n) is 8.92. The number of ether oxygens (including phenoxy) is 5. The van der Waals surface area contributed by atoms with Crippen LogP contribution in [0, 0.1) is 0 Å². The molecule has 1 saturated heterocycles. The Kier molecular flexibility index (Phi) is 10.0. The number of hydroxylamine groups is 1. The van der Waals surface area contributed by atoms with Crippen LogP contribution in [-0.2, 0) is 42.9 Å². The maximum absolute atomic E-state index is 11.6. The van der Waals surface area contributed by atoms with Crippen LogP contribution in [-0.4, -0.2) is 79.1 Å². The molecule has 1 aliphatic heterocycles. The Morgan fingerprint density at radius 3 is 2.14 bits per heavy atom. The lowest BCUT2D eigenvalue weighted by Crippen LogP contribution is -2.61. The Morgan fingerprint density at radius 2 is 1.62 bits per heavy atom. The van der Waals surface area contributed by atoms with E-state index in [0.717, 1.165) is 20.8 Å². The number of rotatable bonds is 8. The van der Waals surface area contributed by atoms with Crippen molar-refractivity contribution in [2.75, 3.05) is 19.8 Å². The van der Waals surface area contributed by atoms with Crippen LogP contribution in [0.3, 0.4) is 0 Å². The summed E-state index contributed by atoms with van der Waals surface area (Å²) in [4.78, 5) is 50.0. The molecule has 1 fully saturated rings. The van der Waals surface area contributed by atoms with Crippen molar-refractivity contribution >= 4 is 29.7 Å². The van der Waals surface area contributed by atoms with Crippen molar-refractivity contribution in [1.82, 2.24) is 5.48 Å². The van der Waals surface area contributed by atoms with E-state index in [1.165, 1.54) is 0 Å². The first-order chi connectivity index (χ1) is 13.7. The number of esters is 4. The van der Waals surface area contributed by atoms with Crippen LogP contribution in [0.2, 0.25) is 0 Å². The highest BCUT2D eigenvalue weighted by Crippen LogP contribution is 2.25. The maximum Gasteiger partial charge on any atom is 0.307 e. The van der Waals surface area contributed by atoms with Crippen LogP contribution in [0.15, 0.2) is 4.99 Å². The number of nitrogens with one attached hydrogen (secondary N) is 1. The summed E-state index contributed by atoms with van der Waals surface area (Å²) in [7, 11) is 0. The standard InChI is InChI=1S/C17H26N2O10/c1-5-25-13(23)6-7-18-17(19-24)16-15(29-11(4)22)14(28-10(3)21)12(8-26-16)27-9(2)20/h12,14-16,24H,5-8H2,1-4H3,(H,18,19)/t12-,14+,15-,16-/m1/s1. The molecule has 0 aromatic carbocycles. The predicted molar refractivity (Wildman–Crippen MR) is 94.9 cm³/mol. The highest BCUT2D eigenvalue weighted by molar-refractivity contribution is 5.87. The Balaban J connectivity index is 3.10. The zero-order valence-corrected chi connectivity index (χ0v) is 16.7. The Labute approximate surface area is 167 Å². The van der Waals surface area contributed by atoms with Gasteiger partial charge in [0.05, 0.1) is 26.2 Å². The van der Waals surface area contributed by atoms with Crippen molar-refractivity contribution in [2.24, 2.45) is 4.99 Å². The number of carbonyl (C=O) groups excluding carboxylic acids is 4. The second-order valence-electron chi connectivity index (χ2n) is 5.98. The van der Waals surface area contributed by atoms with Crippen molar-refractivity contribution in [1.29, 1.82) is 0 Å². The van der Waals surface area contributed by atoms with Crippen LogP contribution in [0.5, 0.6) is 0 Å². The molecule has 12 heteroatoms. The second-order valence-corrected chi connectivity index (χ2v) is 5.98. The molecule has 4 atom stereocenters. The molecule has 0 radical (unpaired) electrons. The number of hydrogen-bond acceptors (Lipinski definition) is 11. The highest BCUT2D eigenvalue weighted by Gasteiger charge is 2.48. The molecule has 0 unspecified atom stereocenters. The van der Waals surface area contributed by atoms with Gasteiger partial charge in [-0.3, -0.25) is 34.9 Å². The average molecular weight is 418 g/mol. The first kappa shape index (κ1) is 24.3. The fraction of sp³-hybridized carbons (Fsp3) is 0.706. The second kappa shape index (κ2) is 12.0. The molecular weight excluding hydrogens is 392 g/mol. The minimum atomic E-state index is -1.28. The lowest BCUT2D eigenvalue weighted by molar-refractivity contribution is -0.217. The number of aliphatic imine (C=N–C) groups is 1. The Bertz CT molecular complexity index is 636. The van der Waals surface area contributed by atoms with Crippen LogP contribution in [0.25, 0.3) is 0 Å². The van der Waals surface area contributed by atoms with Gasteiger partial charge in [0.2, 0.25) is 0 Å². The van der Waals surface area contributed by atoms with E-state index in [-0.39, 0.29) is 32.0 Å². The molecule has 164 valence electrons. The molecule has 2 N–H and O–H groups in total. The van der Waals surface area contributed by atoms with Gasteiger partial charge in [0.1, 0.15) is 0 Å². The number of hydrogen-bond donors (Lipinski definition) is 2. The van der Waals surface area contributed by atoms with Crippen molar-refractivity contribution in [3.63, 3.8) is 0 Å². The average Bonchev–Trinajstić information content (AvgIpc) is 2.61. The van der Waals surface area contributed by atoms with Crippen molar-refractivity contribution in [3.8, 4) is 0 Å². The van der Waals surface area contributed by atoms with Gasteiger partial charge in [0.15, 0.2) is 30.3 Å². The van der Waals surface area contributed by atoms with E-state index in [4.69, 9.17) is 23.7 Å². The van der Waals surface area contributed by atoms with Crippen LogP contribution in [0.1, 0.15) is 34.1 Å². The third-order valence-electron chi connectivity index (χ3n) is 3.64. The molecule has 0 bridgehead atoms. The Hall–Kier alpha value is -2.73. The number of amidine groups is 1. The van der Waals surface area contributed by atoms with E-state index in [1.807, 2.05) is 5.48 Å². The van der Waals surface area contributed by atoms with Crippen molar-refractivity contribution < 1.29 is 48.1 Å². The zero-order valence-electron chi connectivity index (χ0n) is 16.7. The lowest BCUT2D eigenvalue weighted by Gasteiger charge is -2.40. The normalized spacial score (nSPS) is 24.2. The van der Waals surface area contributed by atoms with Crippen LogP contribution in [0.4, 0.5) is 0 Å². The molecule has 0 aromatic heterocycles. The SMILES string of the molecule is CCOC(=O)CCN=C(NO)[C@@H]1OC[C@@H](OC(C)=O)[C@H](OC(C)=O)[C@H]1OC(C)=O. The zero-order chi connectivity index (χ0) is 22.0. The lowest BCUT2D eigenvalue weighted by atomic mass is 9.98. The molecule has 0 amide bonds. The van der Waals surface area contributed by atoms with Gasteiger partial charge in [-0.1, -0.05) is 0 Å². The first-order valence-corrected chi connectivity index (χ1v) is 8.92. The van der Waals surface area contributed by atoms with Gasteiger partial charge in [-0.05, 0) is 6.92 Å². The van der Waals surface area contributed by atoms with Gasteiger partial charge in [0.25, 0.3) is 0 Å². The van der Waals surface area contributed by atoms with Gasteiger partial charge in [-0.2, -0.15) is 0 Å². The van der Waals surface area contributed by atoms with E-state index in [1.54, 1.807) is 6.92 Å². The van der Waals surface area contributed by atoms with Gasteiger partial charge < -0.3 is 23.7 Å². The Morgan fingerprint density at radius 1 is 1.03 bits per heavy atom. The summed E-state index contributed by atoms with van der Waals surface area (Å²) in [5.74, 6) is -2.74.